The Labute approximate surface area is 190 Å². The molecule has 2 aliphatic heterocycles. The normalized spacial score (nSPS) is 17.2. The third-order valence-corrected chi connectivity index (χ3v) is 5.89. The molecular formula is C23H26N4O6. The van der Waals surface area contributed by atoms with Gasteiger partial charge in [0.25, 0.3) is 11.8 Å². The second kappa shape index (κ2) is 9.86. The lowest BCUT2D eigenvalue weighted by Gasteiger charge is -2.36. The molecule has 2 fully saturated rings. The molecule has 0 aliphatic carbocycles. The molecular weight excluding hydrogens is 428 g/mol. The summed E-state index contributed by atoms with van der Waals surface area (Å²) in [5.74, 6) is -2.15. The lowest BCUT2D eigenvalue weighted by atomic mass is 10.2. The van der Waals surface area contributed by atoms with Crippen LogP contribution in [0.2, 0.25) is 0 Å². The summed E-state index contributed by atoms with van der Waals surface area (Å²) in [4.78, 5) is 55.9. The van der Waals surface area contributed by atoms with Crippen molar-refractivity contribution in [2.75, 3.05) is 63.8 Å². The lowest BCUT2D eigenvalue weighted by molar-refractivity contribution is -0.138. The predicted octanol–water partition coefficient (Wildman–Crippen LogP) is 0.445. The number of nitrogens with zero attached hydrogens (tertiary/aromatic N) is 4. The first-order valence-corrected chi connectivity index (χ1v) is 10.9. The van der Waals surface area contributed by atoms with Gasteiger partial charge in [-0.15, -0.1) is 0 Å². The number of hydrogen-bond donors (Lipinski definition) is 1. The molecule has 0 radical (unpaired) electrons. The number of para-hydroxylation sites is 1. The van der Waals surface area contributed by atoms with Crippen molar-refractivity contribution in [3.8, 4) is 0 Å². The zero-order valence-electron chi connectivity index (χ0n) is 18.2. The Bertz CT molecular complexity index is 1070. The molecule has 174 valence electrons. The van der Waals surface area contributed by atoms with Crippen LogP contribution in [0.1, 0.15) is 21.1 Å². The van der Waals surface area contributed by atoms with Gasteiger partial charge in [0.2, 0.25) is 0 Å². The highest BCUT2D eigenvalue weighted by Gasteiger charge is 2.28. The van der Waals surface area contributed by atoms with Gasteiger partial charge in [-0.25, -0.2) is 0 Å². The molecule has 1 N–H and O–H groups in total. The first-order chi connectivity index (χ1) is 15.9. The Balaban J connectivity index is 1.40. The van der Waals surface area contributed by atoms with Crippen molar-refractivity contribution in [1.82, 2.24) is 14.7 Å². The van der Waals surface area contributed by atoms with Crippen molar-refractivity contribution in [1.29, 1.82) is 0 Å². The number of carboxylic acid groups (broad SMARTS) is 1. The van der Waals surface area contributed by atoms with Gasteiger partial charge in [0.1, 0.15) is 0 Å². The number of carbonyl (C=O) groups excluding carboxylic acids is 2. The van der Waals surface area contributed by atoms with Crippen LogP contribution in [0.15, 0.2) is 51.7 Å². The molecule has 3 heterocycles. The SMILES string of the molecule is O=C(O)CN1CCN(C(=O)c2cc(=O)cc(C(=O)N3CCN(c4ccccc4)CC3)o2)CC1. The van der Waals surface area contributed by atoms with E-state index in [0.29, 0.717) is 52.4 Å². The largest absolute Gasteiger partial charge is 0.480 e. The molecule has 33 heavy (non-hydrogen) atoms. The number of carbonyl (C=O) groups is 3. The fourth-order valence-corrected chi connectivity index (χ4v) is 4.11. The number of anilines is 1. The summed E-state index contributed by atoms with van der Waals surface area (Å²) in [6.45, 7) is 3.61. The minimum absolute atomic E-state index is 0.0847. The minimum Gasteiger partial charge on any atom is -0.480 e. The fourth-order valence-electron chi connectivity index (χ4n) is 4.11. The van der Waals surface area contributed by atoms with Crippen molar-refractivity contribution in [2.45, 2.75) is 0 Å². The van der Waals surface area contributed by atoms with Gasteiger partial charge >= 0.3 is 5.97 Å². The first kappa shape index (κ1) is 22.5. The van der Waals surface area contributed by atoms with E-state index in [9.17, 15) is 19.2 Å². The van der Waals surface area contributed by atoms with Gasteiger partial charge in [-0.2, -0.15) is 0 Å². The first-order valence-electron chi connectivity index (χ1n) is 10.9. The van der Waals surface area contributed by atoms with Crippen LogP contribution >= 0.6 is 0 Å². The molecule has 2 saturated heterocycles. The van der Waals surface area contributed by atoms with Crippen LogP contribution in [0.4, 0.5) is 5.69 Å². The van der Waals surface area contributed by atoms with Crippen LogP contribution in [0.5, 0.6) is 0 Å². The Morgan fingerprint density at radius 2 is 1.30 bits per heavy atom. The number of benzene rings is 1. The Morgan fingerprint density at radius 1 is 0.788 bits per heavy atom. The van der Waals surface area contributed by atoms with Crippen molar-refractivity contribution >= 4 is 23.5 Å². The van der Waals surface area contributed by atoms with Crippen molar-refractivity contribution in [2.24, 2.45) is 0 Å². The molecule has 2 amide bonds. The van der Waals surface area contributed by atoms with Crippen LogP contribution < -0.4 is 10.3 Å². The maximum atomic E-state index is 13.0. The van der Waals surface area contributed by atoms with Gasteiger partial charge in [-0.1, -0.05) is 18.2 Å². The highest BCUT2D eigenvalue weighted by atomic mass is 16.4. The number of carboxylic acids is 1. The molecule has 10 nitrogen and oxygen atoms in total. The molecule has 2 aromatic rings. The van der Waals surface area contributed by atoms with E-state index in [1.165, 1.54) is 4.90 Å². The van der Waals surface area contributed by atoms with E-state index in [4.69, 9.17) is 9.52 Å². The summed E-state index contributed by atoms with van der Waals surface area (Å²) >= 11 is 0. The molecule has 10 heteroatoms. The van der Waals surface area contributed by atoms with E-state index >= 15 is 0 Å². The van der Waals surface area contributed by atoms with Gasteiger partial charge in [-0.3, -0.25) is 24.1 Å². The lowest BCUT2D eigenvalue weighted by Crippen LogP contribution is -2.50. The zero-order valence-corrected chi connectivity index (χ0v) is 18.2. The summed E-state index contributed by atoms with van der Waals surface area (Å²) in [6.07, 6.45) is 0. The molecule has 0 saturated carbocycles. The summed E-state index contributed by atoms with van der Waals surface area (Å²) in [6, 6.07) is 12.1. The number of piperazine rings is 2. The Hall–Kier alpha value is -3.66. The van der Waals surface area contributed by atoms with Gasteiger partial charge < -0.3 is 24.2 Å². The van der Waals surface area contributed by atoms with Crippen LogP contribution in [-0.2, 0) is 4.79 Å². The maximum absolute atomic E-state index is 13.0. The molecule has 1 aromatic carbocycles. The van der Waals surface area contributed by atoms with Gasteiger partial charge in [-0.05, 0) is 12.1 Å². The number of rotatable bonds is 5. The molecule has 4 rings (SSSR count). The van der Waals surface area contributed by atoms with Gasteiger partial charge in [0, 0.05) is 70.2 Å². The van der Waals surface area contributed by atoms with Crippen LogP contribution in [0.3, 0.4) is 0 Å². The summed E-state index contributed by atoms with van der Waals surface area (Å²) < 4.78 is 5.59. The molecule has 0 unspecified atom stereocenters. The Morgan fingerprint density at radius 3 is 1.82 bits per heavy atom. The van der Waals surface area contributed by atoms with Crippen molar-refractivity contribution in [3.63, 3.8) is 0 Å². The molecule has 1 aromatic heterocycles. The van der Waals surface area contributed by atoms with E-state index in [0.717, 1.165) is 17.8 Å². The average Bonchev–Trinajstić information content (AvgIpc) is 2.83. The van der Waals surface area contributed by atoms with E-state index in [1.54, 1.807) is 9.80 Å². The third-order valence-electron chi connectivity index (χ3n) is 5.89. The summed E-state index contributed by atoms with van der Waals surface area (Å²) in [5.41, 5.74) is 0.618. The maximum Gasteiger partial charge on any atom is 0.317 e. The topological polar surface area (TPSA) is 115 Å². The number of hydrogen-bond acceptors (Lipinski definition) is 7. The van der Waals surface area contributed by atoms with E-state index in [-0.39, 0.29) is 18.1 Å². The molecule has 2 aliphatic rings. The average molecular weight is 454 g/mol. The van der Waals surface area contributed by atoms with Gasteiger partial charge in [0.15, 0.2) is 16.9 Å². The van der Waals surface area contributed by atoms with E-state index < -0.39 is 23.2 Å². The van der Waals surface area contributed by atoms with Crippen molar-refractivity contribution < 1.29 is 23.9 Å². The predicted molar refractivity (Wildman–Crippen MR) is 120 cm³/mol. The molecule has 0 spiro atoms. The van der Waals surface area contributed by atoms with E-state index in [2.05, 4.69) is 4.90 Å². The second-order valence-electron chi connectivity index (χ2n) is 8.10. The summed E-state index contributed by atoms with van der Waals surface area (Å²) in [5, 5.41) is 8.90. The monoisotopic (exact) mass is 454 g/mol. The number of amides is 2. The van der Waals surface area contributed by atoms with Crippen LogP contribution in [0, 0.1) is 0 Å². The van der Waals surface area contributed by atoms with Gasteiger partial charge in [0.05, 0.1) is 6.54 Å². The fraction of sp³-hybridized carbons (Fsp3) is 0.391. The summed E-state index contributed by atoms with van der Waals surface area (Å²) in [7, 11) is 0. The molecule has 0 bridgehead atoms. The van der Waals surface area contributed by atoms with Crippen molar-refractivity contribution in [3.05, 3.63) is 64.2 Å². The quantitative estimate of drug-likeness (QED) is 0.693. The zero-order chi connectivity index (χ0) is 23.4. The second-order valence-corrected chi connectivity index (χ2v) is 8.10. The molecule has 0 atom stereocenters. The highest BCUT2D eigenvalue weighted by molar-refractivity contribution is 5.94. The van der Waals surface area contributed by atoms with Crippen LogP contribution in [-0.4, -0.2) is 96.5 Å². The Kier molecular flexibility index (Phi) is 6.74. The highest BCUT2D eigenvalue weighted by Crippen LogP contribution is 2.17. The number of aliphatic carboxylic acids is 1. The standard InChI is InChI=1S/C23H26N4O6/c28-18-14-19(22(31)26-8-6-24(7-9-26)16-21(29)30)33-20(15-18)23(32)27-12-10-25(11-13-27)17-4-2-1-3-5-17/h1-5,14-15H,6-13,16H2,(H,29,30). The smallest absolute Gasteiger partial charge is 0.317 e. The van der Waals surface area contributed by atoms with E-state index in [1.807, 2.05) is 30.3 Å². The third kappa shape index (κ3) is 5.40. The minimum atomic E-state index is -0.920. The van der Waals surface area contributed by atoms with Crippen LogP contribution in [0.25, 0.3) is 0 Å².